The highest BCUT2D eigenvalue weighted by molar-refractivity contribution is 8.00. The van der Waals surface area contributed by atoms with Crippen molar-refractivity contribution in [3.8, 4) is 0 Å². The predicted octanol–water partition coefficient (Wildman–Crippen LogP) is 1.28. The molecule has 0 aromatic carbocycles. The first kappa shape index (κ1) is 15.7. The molecule has 20 heavy (non-hydrogen) atoms. The molecule has 1 aliphatic carbocycles. The second kappa shape index (κ2) is 5.97. The van der Waals surface area contributed by atoms with Crippen molar-refractivity contribution in [3.63, 3.8) is 0 Å². The molecule has 1 aromatic rings. The van der Waals surface area contributed by atoms with Crippen LogP contribution in [-0.4, -0.2) is 35.9 Å². The molecule has 3 N–H and O–H groups in total. The molecule has 0 saturated heterocycles. The summed E-state index contributed by atoms with van der Waals surface area (Å²) in [5, 5.41) is 0. The van der Waals surface area contributed by atoms with Crippen molar-refractivity contribution in [2.24, 2.45) is 5.73 Å². The Morgan fingerprint density at radius 3 is 2.65 bits per heavy atom. The van der Waals surface area contributed by atoms with Crippen LogP contribution in [0.4, 0.5) is 0 Å². The largest absolute Gasteiger partial charge is 0.388 e. The molecule has 0 unspecified atom stereocenters. The Hall–Kier alpha value is -0.700. The maximum Gasteiger partial charge on any atom is 0.242 e. The van der Waals surface area contributed by atoms with Crippen LogP contribution in [0.15, 0.2) is 23.2 Å². The van der Waals surface area contributed by atoms with Gasteiger partial charge in [-0.05, 0) is 31.2 Å². The summed E-state index contributed by atoms with van der Waals surface area (Å²) in [5.74, 6) is 0. The van der Waals surface area contributed by atoms with Gasteiger partial charge in [0.1, 0.15) is 9.88 Å². The van der Waals surface area contributed by atoms with Crippen molar-refractivity contribution in [2.45, 2.75) is 28.9 Å². The van der Waals surface area contributed by atoms with E-state index in [4.69, 9.17) is 18.0 Å². The topological polar surface area (TPSA) is 85.1 Å². The Bertz CT molecular complexity index is 589. The van der Waals surface area contributed by atoms with Gasteiger partial charge >= 0.3 is 0 Å². The van der Waals surface area contributed by atoms with E-state index in [1.54, 1.807) is 11.8 Å². The van der Waals surface area contributed by atoms with Gasteiger partial charge < -0.3 is 5.73 Å². The number of hydrogen-bond donors (Lipinski definition) is 2. The molecular formula is C12H17N3O2S3. The van der Waals surface area contributed by atoms with Crippen molar-refractivity contribution >= 4 is 39.0 Å². The van der Waals surface area contributed by atoms with Crippen LogP contribution in [0.3, 0.4) is 0 Å². The molecule has 0 amide bonds. The minimum atomic E-state index is -3.53. The van der Waals surface area contributed by atoms with Gasteiger partial charge in [-0.3, -0.25) is 4.98 Å². The van der Waals surface area contributed by atoms with Gasteiger partial charge in [0.2, 0.25) is 10.0 Å². The fourth-order valence-electron chi connectivity index (χ4n) is 2.02. The number of aromatic nitrogens is 1. The van der Waals surface area contributed by atoms with E-state index in [1.165, 1.54) is 18.3 Å². The highest BCUT2D eigenvalue weighted by atomic mass is 32.2. The van der Waals surface area contributed by atoms with E-state index in [1.807, 2.05) is 6.26 Å². The van der Waals surface area contributed by atoms with Crippen LogP contribution in [0.2, 0.25) is 0 Å². The summed E-state index contributed by atoms with van der Waals surface area (Å²) in [6.07, 6.45) is 6.56. The predicted molar refractivity (Wildman–Crippen MR) is 85.4 cm³/mol. The molecule has 2 rings (SSSR count). The molecule has 0 radical (unpaired) electrons. The highest BCUT2D eigenvalue weighted by Gasteiger charge is 2.37. The molecule has 8 heteroatoms. The fourth-order valence-corrected chi connectivity index (χ4v) is 4.22. The monoisotopic (exact) mass is 331 g/mol. The standard InChI is InChI=1S/C12H17N3O2S3/c1-19-12(5-2-6-12)8-15-20(16,17)9-3-4-10(11(13)18)14-7-9/h3-4,7,15H,2,5-6,8H2,1H3,(H2,13,18). The summed E-state index contributed by atoms with van der Waals surface area (Å²) in [6, 6.07) is 2.99. The zero-order chi connectivity index (χ0) is 14.8. The molecule has 0 spiro atoms. The average molecular weight is 331 g/mol. The molecule has 1 saturated carbocycles. The van der Waals surface area contributed by atoms with Gasteiger partial charge in [-0.1, -0.05) is 18.6 Å². The molecular weight excluding hydrogens is 314 g/mol. The lowest BCUT2D eigenvalue weighted by Gasteiger charge is -2.40. The average Bonchev–Trinajstić information content (AvgIpc) is 2.38. The van der Waals surface area contributed by atoms with Gasteiger partial charge in [0, 0.05) is 17.5 Å². The van der Waals surface area contributed by atoms with E-state index in [-0.39, 0.29) is 14.6 Å². The highest BCUT2D eigenvalue weighted by Crippen LogP contribution is 2.42. The quantitative estimate of drug-likeness (QED) is 0.764. The lowest BCUT2D eigenvalue weighted by molar-refractivity contribution is 0.362. The van der Waals surface area contributed by atoms with E-state index in [2.05, 4.69) is 9.71 Å². The van der Waals surface area contributed by atoms with Crippen molar-refractivity contribution in [2.75, 3.05) is 12.8 Å². The number of rotatable bonds is 6. The first-order chi connectivity index (χ1) is 9.38. The number of hydrogen-bond acceptors (Lipinski definition) is 5. The number of nitrogens with two attached hydrogens (primary N) is 1. The number of pyridine rings is 1. The summed E-state index contributed by atoms with van der Waals surface area (Å²) in [6.45, 7) is 0.452. The van der Waals surface area contributed by atoms with Crippen LogP contribution in [0.5, 0.6) is 0 Å². The Kier molecular flexibility index (Phi) is 4.68. The van der Waals surface area contributed by atoms with E-state index < -0.39 is 10.0 Å². The molecule has 0 bridgehead atoms. The van der Waals surface area contributed by atoms with Gasteiger partial charge in [-0.15, -0.1) is 0 Å². The number of nitrogens with zero attached hydrogens (tertiary/aromatic N) is 1. The van der Waals surface area contributed by atoms with Crippen molar-refractivity contribution in [1.82, 2.24) is 9.71 Å². The van der Waals surface area contributed by atoms with Gasteiger partial charge in [-0.2, -0.15) is 11.8 Å². The number of thiocarbonyl (C=S) groups is 1. The van der Waals surface area contributed by atoms with Crippen LogP contribution < -0.4 is 10.5 Å². The maximum atomic E-state index is 12.2. The van der Waals surface area contributed by atoms with Crippen LogP contribution in [0.25, 0.3) is 0 Å². The third-order valence-corrected chi connectivity index (χ3v) is 6.60. The third kappa shape index (κ3) is 3.30. The normalized spacial score (nSPS) is 17.4. The maximum absolute atomic E-state index is 12.2. The fraction of sp³-hybridized carbons (Fsp3) is 0.500. The second-order valence-corrected chi connectivity index (χ2v) is 8.29. The Balaban J connectivity index is 2.08. The van der Waals surface area contributed by atoms with Gasteiger partial charge in [0.15, 0.2) is 0 Å². The molecule has 1 aliphatic rings. The van der Waals surface area contributed by atoms with Crippen LogP contribution in [0.1, 0.15) is 25.0 Å². The van der Waals surface area contributed by atoms with Crippen LogP contribution >= 0.6 is 24.0 Å². The van der Waals surface area contributed by atoms with Crippen molar-refractivity contribution in [3.05, 3.63) is 24.0 Å². The minimum Gasteiger partial charge on any atom is -0.388 e. The van der Waals surface area contributed by atoms with Gasteiger partial charge in [-0.25, -0.2) is 13.1 Å². The summed E-state index contributed by atoms with van der Waals surface area (Å²) in [7, 11) is -3.53. The zero-order valence-electron chi connectivity index (χ0n) is 11.1. The molecule has 1 fully saturated rings. The Morgan fingerprint density at radius 2 is 2.25 bits per heavy atom. The summed E-state index contributed by atoms with van der Waals surface area (Å²) in [5.41, 5.74) is 5.85. The number of thioether (sulfide) groups is 1. The van der Waals surface area contributed by atoms with Crippen LogP contribution in [0, 0.1) is 0 Å². The first-order valence-electron chi connectivity index (χ1n) is 6.19. The number of sulfonamides is 1. The summed E-state index contributed by atoms with van der Waals surface area (Å²) < 4.78 is 27.1. The molecule has 110 valence electrons. The first-order valence-corrected chi connectivity index (χ1v) is 9.31. The molecule has 0 aliphatic heterocycles. The van der Waals surface area contributed by atoms with Gasteiger partial charge in [0.05, 0.1) is 5.69 Å². The summed E-state index contributed by atoms with van der Waals surface area (Å²) >= 11 is 6.51. The van der Waals surface area contributed by atoms with E-state index in [0.717, 1.165) is 19.3 Å². The van der Waals surface area contributed by atoms with E-state index in [0.29, 0.717) is 12.2 Å². The Labute approximate surface area is 128 Å². The second-order valence-electron chi connectivity index (χ2n) is 4.81. The van der Waals surface area contributed by atoms with Crippen molar-refractivity contribution < 1.29 is 8.42 Å². The molecule has 1 aromatic heterocycles. The lowest BCUT2D eigenvalue weighted by Crippen LogP contribution is -2.45. The van der Waals surface area contributed by atoms with Gasteiger partial charge in [0.25, 0.3) is 0 Å². The molecule has 0 atom stereocenters. The SMILES string of the molecule is CSC1(CNS(=O)(=O)c2ccc(C(N)=S)nc2)CCC1. The summed E-state index contributed by atoms with van der Waals surface area (Å²) in [4.78, 5) is 4.24. The third-order valence-electron chi connectivity index (χ3n) is 3.58. The smallest absolute Gasteiger partial charge is 0.242 e. The molecule has 1 heterocycles. The lowest BCUT2D eigenvalue weighted by atomic mass is 9.84. The minimum absolute atomic E-state index is 0.0548. The van der Waals surface area contributed by atoms with E-state index in [9.17, 15) is 8.42 Å². The zero-order valence-corrected chi connectivity index (χ0v) is 13.6. The van der Waals surface area contributed by atoms with Crippen LogP contribution in [-0.2, 0) is 10.0 Å². The van der Waals surface area contributed by atoms with Crippen molar-refractivity contribution in [1.29, 1.82) is 0 Å². The molecule has 5 nitrogen and oxygen atoms in total. The number of nitrogens with one attached hydrogen (secondary N) is 1. The Morgan fingerprint density at radius 1 is 1.55 bits per heavy atom. The van der Waals surface area contributed by atoms with E-state index >= 15 is 0 Å².